The number of nitrogens with one attached hydrogen (secondary N) is 1. The summed E-state index contributed by atoms with van der Waals surface area (Å²) in [6, 6.07) is 9.60. The van der Waals surface area contributed by atoms with Crippen LogP contribution in [0.2, 0.25) is 5.02 Å². The van der Waals surface area contributed by atoms with Crippen LogP contribution in [0.15, 0.2) is 29.1 Å². The number of benzene rings is 1. The van der Waals surface area contributed by atoms with E-state index in [-0.39, 0.29) is 16.7 Å². The molecule has 0 bridgehead atoms. The van der Waals surface area contributed by atoms with E-state index in [1.807, 2.05) is 4.98 Å². The van der Waals surface area contributed by atoms with Crippen LogP contribution in [-0.2, 0) is 0 Å². The second kappa shape index (κ2) is 8.16. The molecule has 24 heavy (non-hydrogen) atoms. The third-order valence-corrected chi connectivity index (χ3v) is 3.86. The predicted molar refractivity (Wildman–Crippen MR) is 87.3 cm³/mol. The fourth-order valence-corrected chi connectivity index (χ4v) is 2.55. The lowest BCUT2D eigenvalue weighted by Crippen LogP contribution is -2.80. The molecule has 2 heterocycles. The number of hydrogen-bond acceptors (Lipinski definition) is 4. The molecule has 1 saturated heterocycles. The molecule has 1 aliphatic heterocycles. The Hall–Kier alpha value is -2.80. The summed E-state index contributed by atoms with van der Waals surface area (Å²) >= 11 is 5.75. The van der Waals surface area contributed by atoms with Gasteiger partial charge in [-0.1, -0.05) is 23.7 Å². The van der Waals surface area contributed by atoms with Crippen molar-refractivity contribution in [3.8, 4) is 29.1 Å². The van der Waals surface area contributed by atoms with Gasteiger partial charge in [0.25, 0.3) is 5.56 Å². The molecule has 0 atom stereocenters. The number of pyridine rings is 1. The van der Waals surface area contributed by atoms with Crippen LogP contribution in [0, 0.1) is 22.7 Å². The molecule has 0 aliphatic carbocycles. The molecule has 2 aromatic rings. The van der Waals surface area contributed by atoms with Crippen molar-refractivity contribution in [2.75, 3.05) is 13.1 Å². The fraction of sp³-hybridized carbons (Fsp3) is 0.235. The number of nitrogens with two attached hydrogens (primary N) is 1. The molecule has 0 radical (unpaired) electrons. The molecule has 122 valence electrons. The lowest BCUT2D eigenvalue weighted by atomic mass is 9.97. The number of H-pyrrole nitrogens is 1. The zero-order chi connectivity index (χ0) is 17.5. The Morgan fingerprint density at radius 1 is 1.08 bits per heavy atom. The lowest BCUT2D eigenvalue weighted by Gasteiger charge is -2.13. The number of quaternary nitrogens is 1. The maximum Gasteiger partial charge on any atom is 0.266 e. The molecule has 0 spiro atoms. The third kappa shape index (κ3) is 3.94. The molecule has 1 aliphatic rings. The standard InChI is InChI=1S/C13H6ClN3O2.C4H9N/c14-8-3-1-7(2-4-8)11-9(5-15)12(18)17-13(19)10(11)6-16;1-2-4-5-3-1/h1-4H,(H2,17,18,19);5H,1-4H2. The highest BCUT2D eigenvalue weighted by Gasteiger charge is 2.15. The van der Waals surface area contributed by atoms with Gasteiger partial charge in [0.15, 0.2) is 0 Å². The molecule has 1 aromatic heterocycles. The lowest BCUT2D eigenvalue weighted by molar-refractivity contribution is -0.635. The van der Waals surface area contributed by atoms with Gasteiger partial charge < -0.3 is 15.4 Å². The summed E-state index contributed by atoms with van der Waals surface area (Å²) in [7, 11) is 0. The molecule has 0 amide bonds. The maximum absolute atomic E-state index is 11.6. The van der Waals surface area contributed by atoms with Crippen LogP contribution in [0.5, 0.6) is 5.88 Å². The monoisotopic (exact) mass is 342 g/mol. The van der Waals surface area contributed by atoms with E-state index in [0.29, 0.717) is 10.6 Å². The summed E-state index contributed by atoms with van der Waals surface area (Å²) in [5.41, 5.74) is -0.885. The first kappa shape index (κ1) is 17.6. The Morgan fingerprint density at radius 2 is 1.67 bits per heavy atom. The number of aromatic amines is 1. The highest BCUT2D eigenvalue weighted by molar-refractivity contribution is 6.30. The molecule has 1 fully saturated rings. The fourth-order valence-electron chi connectivity index (χ4n) is 2.42. The van der Waals surface area contributed by atoms with Crippen LogP contribution in [0.25, 0.3) is 11.1 Å². The van der Waals surface area contributed by atoms with Crippen molar-refractivity contribution < 1.29 is 10.4 Å². The van der Waals surface area contributed by atoms with E-state index in [0.717, 1.165) is 0 Å². The zero-order valence-corrected chi connectivity index (χ0v) is 13.6. The Kier molecular flexibility index (Phi) is 5.97. The van der Waals surface area contributed by atoms with Crippen molar-refractivity contribution in [3.63, 3.8) is 0 Å². The van der Waals surface area contributed by atoms with Gasteiger partial charge >= 0.3 is 0 Å². The van der Waals surface area contributed by atoms with E-state index in [9.17, 15) is 9.90 Å². The summed E-state index contributed by atoms with van der Waals surface area (Å²) < 4.78 is 0. The van der Waals surface area contributed by atoms with Crippen LogP contribution in [-0.4, -0.2) is 18.1 Å². The van der Waals surface area contributed by atoms with Gasteiger partial charge in [-0.05, 0) is 23.6 Å². The van der Waals surface area contributed by atoms with E-state index in [1.165, 1.54) is 38.1 Å². The van der Waals surface area contributed by atoms with E-state index < -0.39 is 11.4 Å². The Morgan fingerprint density at radius 3 is 2.12 bits per heavy atom. The van der Waals surface area contributed by atoms with E-state index >= 15 is 0 Å². The van der Waals surface area contributed by atoms with Gasteiger partial charge in [-0.15, -0.1) is 0 Å². The van der Waals surface area contributed by atoms with Crippen LogP contribution in [0.4, 0.5) is 0 Å². The smallest absolute Gasteiger partial charge is 0.266 e. The summed E-state index contributed by atoms with van der Waals surface area (Å²) in [5, 5.41) is 32.5. The third-order valence-electron chi connectivity index (χ3n) is 3.60. The maximum atomic E-state index is 11.6. The molecule has 0 saturated carbocycles. The number of nitriles is 2. The van der Waals surface area contributed by atoms with Crippen LogP contribution in [0.3, 0.4) is 0 Å². The zero-order valence-electron chi connectivity index (χ0n) is 12.8. The number of halogens is 1. The summed E-state index contributed by atoms with van der Waals surface area (Å²) in [6.07, 6.45) is 2.89. The predicted octanol–water partition coefficient (Wildman–Crippen LogP) is 0.856. The quantitative estimate of drug-likeness (QED) is 0.798. The van der Waals surface area contributed by atoms with Crippen LogP contribution in [0.1, 0.15) is 24.0 Å². The Balaban J connectivity index is 0.000000355. The first-order chi connectivity index (χ1) is 11.6. The summed E-state index contributed by atoms with van der Waals surface area (Å²) in [6.45, 7) is 2.75. The second-order valence-electron chi connectivity index (χ2n) is 5.21. The largest absolute Gasteiger partial charge is 0.859 e. The van der Waals surface area contributed by atoms with E-state index in [2.05, 4.69) is 5.32 Å². The average molecular weight is 343 g/mol. The van der Waals surface area contributed by atoms with Gasteiger partial charge in [-0.2, -0.15) is 10.5 Å². The Labute approximate surface area is 143 Å². The van der Waals surface area contributed by atoms with E-state index in [1.54, 1.807) is 24.3 Å². The molecule has 0 unspecified atom stereocenters. The van der Waals surface area contributed by atoms with Gasteiger partial charge in [0.2, 0.25) is 0 Å². The van der Waals surface area contributed by atoms with Crippen molar-refractivity contribution in [2.45, 2.75) is 12.8 Å². The van der Waals surface area contributed by atoms with Gasteiger partial charge in [0, 0.05) is 23.4 Å². The minimum absolute atomic E-state index is 0.0374. The highest BCUT2D eigenvalue weighted by Crippen LogP contribution is 2.29. The van der Waals surface area contributed by atoms with Crippen LogP contribution < -0.4 is 16.0 Å². The first-order valence-electron chi connectivity index (χ1n) is 7.43. The molecule has 7 heteroatoms. The second-order valence-corrected chi connectivity index (χ2v) is 5.65. The first-order valence-corrected chi connectivity index (χ1v) is 7.81. The van der Waals surface area contributed by atoms with Crippen molar-refractivity contribution in [2.24, 2.45) is 0 Å². The minimum atomic E-state index is -0.809. The van der Waals surface area contributed by atoms with Crippen molar-refractivity contribution in [1.82, 2.24) is 4.98 Å². The van der Waals surface area contributed by atoms with Crippen molar-refractivity contribution in [1.29, 1.82) is 10.5 Å². The SMILES string of the molecule is C1CC[NH2+]C1.N#Cc1c([O-])[nH]c(=O)c(C#N)c1-c1ccc(Cl)cc1. The Bertz CT molecular complexity index is 849. The number of aromatic nitrogens is 1. The van der Waals surface area contributed by atoms with Crippen LogP contribution >= 0.6 is 11.6 Å². The molecule has 1 aromatic carbocycles. The molecular weight excluding hydrogens is 328 g/mol. The average Bonchev–Trinajstić information content (AvgIpc) is 3.15. The van der Waals surface area contributed by atoms with Crippen molar-refractivity contribution >= 4 is 11.6 Å². The number of rotatable bonds is 1. The topological polar surface area (TPSA) is 120 Å². The van der Waals surface area contributed by atoms with Gasteiger partial charge in [0.1, 0.15) is 17.7 Å². The van der Waals surface area contributed by atoms with Gasteiger partial charge in [-0.3, -0.25) is 4.79 Å². The van der Waals surface area contributed by atoms with E-state index in [4.69, 9.17) is 22.1 Å². The summed E-state index contributed by atoms with van der Waals surface area (Å²) in [4.78, 5) is 13.5. The highest BCUT2D eigenvalue weighted by atomic mass is 35.5. The number of nitrogens with zero attached hydrogens (tertiary/aromatic N) is 2. The molecular formula is C17H15ClN4O2. The van der Waals surface area contributed by atoms with Gasteiger partial charge in [-0.25, -0.2) is 0 Å². The summed E-state index contributed by atoms with van der Waals surface area (Å²) in [5.74, 6) is -0.809. The van der Waals surface area contributed by atoms with Crippen molar-refractivity contribution in [3.05, 3.63) is 50.8 Å². The minimum Gasteiger partial charge on any atom is -0.859 e. The number of hydrogen-bond donors (Lipinski definition) is 2. The molecule has 3 N–H and O–H groups in total. The van der Waals surface area contributed by atoms with Gasteiger partial charge in [0.05, 0.1) is 18.7 Å². The molecule has 3 rings (SSSR count). The normalized spacial score (nSPS) is 12.6. The molecule has 6 nitrogen and oxygen atoms in total.